The zero-order valence-corrected chi connectivity index (χ0v) is 13.0. The number of hydrogen-bond acceptors (Lipinski definition) is 4. The molecule has 0 saturated heterocycles. The quantitative estimate of drug-likeness (QED) is 0.776. The Bertz CT molecular complexity index is 558. The van der Waals surface area contributed by atoms with Gasteiger partial charge in [0.05, 0.1) is 17.7 Å². The van der Waals surface area contributed by atoms with Crippen molar-refractivity contribution in [2.45, 2.75) is 39.4 Å². The fourth-order valence-electron chi connectivity index (χ4n) is 1.94. The van der Waals surface area contributed by atoms with Crippen LogP contribution in [0.25, 0.3) is 11.7 Å². The third-order valence-corrected chi connectivity index (χ3v) is 4.42. The molecule has 110 valence electrons. The fraction of sp³-hybridized carbons (Fsp3) is 0.533. The van der Waals surface area contributed by atoms with Gasteiger partial charge in [0.1, 0.15) is 5.76 Å². The highest BCUT2D eigenvalue weighted by Crippen LogP contribution is 2.22. The van der Waals surface area contributed by atoms with Gasteiger partial charge in [-0.1, -0.05) is 20.3 Å². The number of aryl methyl sites for hydroxylation is 1. The number of oxazole rings is 1. The molecule has 20 heavy (non-hydrogen) atoms. The molecule has 2 rings (SSSR count). The smallest absolute Gasteiger partial charge is 0.263 e. The second-order valence-corrected chi connectivity index (χ2v) is 6.90. The summed E-state index contributed by atoms with van der Waals surface area (Å²) in [4.78, 5) is 4.38. The summed E-state index contributed by atoms with van der Waals surface area (Å²) in [6, 6.07) is 3.59. The summed E-state index contributed by atoms with van der Waals surface area (Å²) in [7, 11) is -0.884. The van der Waals surface area contributed by atoms with Crippen LogP contribution in [0.4, 0.5) is 0 Å². The van der Waals surface area contributed by atoms with Crippen LogP contribution < -0.4 is 0 Å². The van der Waals surface area contributed by atoms with Crippen molar-refractivity contribution in [3.8, 4) is 11.7 Å². The van der Waals surface area contributed by atoms with Crippen LogP contribution in [0.3, 0.4) is 0 Å². The molecular formula is C15H21NO3S. The summed E-state index contributed by atoms with van der Waals surface area (Å²) in [5, 5.41) is 0. The lowest BCUT2D eigenvalue weighted by Crippen LogP contribution is -2.03. The number of furan rings is 1. The SMILES string of the molecule is Cc1oc(-c2ccco2)nc1C[S@@](=O)CCCC(C)C. The molecule has 0 amide bonds. The van der Waals surface area contributed by atoms with E-state index >= 15 is 0 Å². The molecule has 0 radical (unpaired) electrons. The molecule has 0 bridgehead atoms. The van der Waals surface area contributed by atoms with E-state index in [1.165, 1.54) is 0 Å². The van der Waals surface area contributed by atoms with Gasteiger partial charge in [-0.15, -0.1) is 0 Å². The van der Waals surface area contributed by atoms with Gasteiger partial charge in [0, 0.05) is 16.6 Å². The predicted octanol–water partition coefficient (Wildman–Crippen LogP) is 3.93. The van der Waals surface area contributed by atoms with Crippen molar-refractivity contribution in [1.82, 2.24) is 4.98 Å². The molecule has 0 aliphatic carbocycles. The van der Waals surface area contributed by atoms with Crippen molar-refractivity contribution in [3.05, 3.63) is 29.9 Å². The first-order chi connectivity index (χ1) is 9.56. The van der Waals surface area contributed by atoms with Crippen molar-refractivity contribution in [2.75, 3.05) is 5.75 Å². The molecule has 1 atom stereocenters. The van der Waals surface area contributed by atoms with Gasteiger partial charge in [0.25, 0.3) is 5.89 Å². The molecule has 0 saturated carbocycles. The molecule has 0 aliphatic rings. The van der Waals surface area contributed by atoms with Crippen molar-refractivity contribution < 1.29 is 13.0 Å². The van der Waals surface area contributed by atoms with Crippen molar-refractivity contribution in [1.29, 1.82) is 0 Å². The van der Waals surface area contributed by atoms with E-state index in [9.17, 15) is 4.21 Å². The number of rotatable bonds is 7. The highest BCUT2D eigenvalue weighted by atomic mass is 32.2. The van der Waals surface area contributed by atoms with Crippen molar-refractivity contribution >= 4 is 10.8 Å². The van der Waals surface area contributed by atoms with E-state index in [0.29, 0.717) is 29.1 Å². The summed E-state index contributed by atoms with van der Waals surface area (Å²) < 4.78 is 22.9. The van der Waals surface area contributed by atoms with Gasteiger partial charge < -0.3 is 8.83 Å². The van der Waals surface area contributed by atoms with E-state index in [1.807, 2.05) is 6.92 Å². The molecule has 2 heterocycles. The number of nitrogens with zero attached hydrogens (tertiary/aromatic N) is 1. The molecule has 0 fully saturated rings. The third kappa shape index (κ3) is 4.07. The predicted molar refractivity (Wildman–Crippen MR) is 79.7 cm³/mol. The molecule has 4 nitrogen and oxygen atoms in total. The molecule has 0 aliphatic heterocycles. The van der Waals surface area contributed by atoms with Crippen LogP contribution in [0.2, 0.25) is 0 Å². The summed E-state index contributed by atoms with van der Waals surface area (Å²) in [6.07, 6.45) is 3.69. The maximum Gasteiger partial charge on any atom is 0.263 e. The monoisotopic (exact) mass is 295 g/mol. The molecule has 0 unspecified atom stereocenters. The Morgan fingerprint density at radius 3 is 2.85 bits per heavy atom. The average molecular weight is 295 g/mol. The minimum atomic E-state index is -0.884. The lowest BCUT2D eigenvalue weighted by atomic mass is 10.1. The second-order valence-electron chi connectivity index (χ2n) is 5.32. The molecule has 0 aromatic carbocycles. The lowest BCUT2D eigenvalue weighted by Gasteiger charge is -2.03. The van der Waals surface area contributed by atoms with Crippen LogP contribution in [0.1, 0.15) is 38.1 Å². The first-order valence-corrected chi connectivity index (χ1v) is 8.40. The van der Waals surface area contributed by atoms with Crippen LogP contribution in [0.15, 0.2) is 27.2 Å². The van der Waals surface area contributed by atoms with Crippen LogP contribution in [-0.2, 0) is 16.6 Å². The Morgan fingerprint density at radius 1 is 1.40 bits per heavy atom. The largest absolute Gasteiger partial charge is 0.459 e. The lowest BCUT2D eigenvalue weighted by molar-refractivity contribution is 0.500. The molecular weight excluding hydrogens is 274 g/mol. The second kappa shape index (κ2) is 6.88. The average Bonchev–Trinajstić information content (AvgIpc) is 2.99. The van der Waals surface area contributed by atoms with Gasteiger partial charge >= 0.3 is 0 Å². The van der Waals surface area contributed by atoms with Crippen LogP contribution in [0, 0.1) is 12.8 Å². The maximum absolute atomic E-state index is 12.0. The Morgan fingerprint density at radius 2 is 2.20 bits per heavy atom. The minimum absolute atomic E-state index is 0.453. The summed E-state index contributed by atoms with van der Waals surface area (Å²) in [6.45, 7) is 6.21. The van der Waals surface area contributed by atoms with E-state index in [-0.39, 0.29) is 0 Å². The van der Waals surface area contributed by atoms with Crippen molar-refractivity contribution in [2.24, 2.45) is 5.92 Å². The van der Waals surface area contributed by atoms with Gasteiger partial charge in [-0.05, 0) is 31.4 Å². The van der Waals surface area contributed by atoms with Gasteiger partial charge in [-0.25, -0.2) is 4.98 Å². The zero-order valence-electron chi connectivity index (χ0n) is 12.2. The van der Waals surface area contributed by atoms with Crippen LogP contribution in [-0.4, -0.2) is 14.9 Å². The Kier molecular flexibility index (Phi) is 5.17. The molecule has 0 spiro atoms. The summed E-state index contributed by atoms with van der Waals surface area (Å²) >= 11 is 0. The molecule has 5 heteroatoms. The van der Waals surface area contributed by atoms with Crippen LogP contribution >= 0.6 is 0 Å². The Hall–Kier alpha value is -1.36. The van der Waals surface area contributed by atoms with Crippen LogP contribution in [0.5, 0.6) is 0 Å². The van der Waals surface area contributed by atoms with E-state index in [0.717, 1.165) is 24.3 Å². The van der Waals surface area contributed by atoms with Crippen molar-refractivity contribution in [3.63, 3.8) is 0 Å². The summed E-state index contributed by atoms with van der Waals surface area (Å²) in [5.74, 6) is 3.61. The fourth-order valence-corrected chi connectivity index (χ4v) is 3.15. The van der Waals surface area contributed by atoms with Gasteiger partial charge in [-0.3, -0.25) is 4.21 Å². The first kappa shape index (κ1) is 15.0. The molecule has 2 aromatic heterocycles. The molecule has 2 aromatic rings. The van der Waals surface area contributed by atoms with E-state index in [2.05, 4.69) is 18.8 Å². The Balaban J connectivity index is 1.94. The number of aromatic nitrogens is 1. The van der Waals surface area contributed by atoms with Gasteiger partial charge in [0.2, 0.25) is 0 Å². The van der Waals surface area contributed by atoms with E-state index < -0.39 is 10.8 Å². The standard InChI is InChI=1S/C15H21NO3S/c1-11(2)6-5-9-20(17)10-13-12(3)19-15(16-13)14-7-4-8-18-14/h4,7-8,11H,5-6,9-10H2,1-3H3/t20-/m0/s1. The van der Waals surface area contributed by atoms with Gasteiger partial charge in [-0.2, -0.15) is 0 Å². The third-order valence-electron chi connectivity index (χ3n) is 3.08. The highest BCUT2D eigenvalue weighted by molar-refractivity contribution is 7.84. The van der Waals surface area contributed by atoms with E-state index in [1.54, 1.807) is 18.4 Å². The Labute approximate surface area is 122 Å². The minimum Gasteiger partial charge on any atom is -0.459 e. The number of hydrogen-bond donors (Lipinski definition) is 0. The maximum atomic E-state index is 12.0. The normalized spacial score (nSPS) is 13.0. The topological polar surface area (TPSA) is 56.2 Å². The summed E-state index contributed by atoms with van der Waals surface area (Å²) in [5.41, 5.74) is 0.763. The highest BCUT2D eigenvalue weighted by Gasteiger charge is 2.15. The van der Waals surface area contributed by atoms with E-state index in [4.69, 9.17) is 8.83 Å². The van der Waals surface area contributed by atoms with Gasteiger partial charge in [0.15, 0.2) is 5.76 Å². The first-order valence-electron chi connectivity index (χ1n) is 6.91. The molecule has 0 N–H and O–H groups in total. The zero-order chi connectivity index (χ0) is 14.5.